The molecule has 1 aromatic rings. The standard InChI is InChI=1S/C16H20FN3O2/c1-20-14(21)16(19-15(20)22,12-6-8-18-9-7-12)10-11-4-2-3-5-13(11)17/h2-5,12,18H,6-10H2,1H3,(H,19,22)/t16-/m0/s1. The lowest BCUT2D eigenvalue weighted by Crippen LogP contribution is -2.57. The number of likely N-dealkylation sites (N-methyl/N-ethyl adjacent to an activating group) is 1. The van der Waals surface area contributed by atoms with Gasteiger partial charge in [0.05, 0.1) is 0 Å². The SMILES string of the molecule is CN1C(=O)N[C@@](Cc2ccccc2F)(C2CCNCC2)C1=O. The highest BCUT2D eigenvalue weighted by Crippen LogP contribution is 2.35. The molecule has 0 bridgehead atoms. The molecule has 5 nitrogen and oxygen atoms in total. The molecule has 1 atom stereocenters. The summed E-state index contributed by atoms with van der Waals surface area (Å²) in [6.45, 7) is 1.60. The summed E-state index contributed by atoms with van der Waals surface area (Å²) in [5.41, 5.74) is -0.569. The molecular weight excluding hydrogens is 285 g/mol. The van der Waals surface area contributed by atoms with E-state index in [1.807, 2.05) is 0 Å². The number of hydrogen-bond donors (Lipinski definition) is 2. The van der Waals surface area contributed by atoms with Gasteiger partial charge in [-0.15, -0.1) is 0 Å². The van der Waals surface area contributed by atoms with Gasteiger partial charge in [0.25, 0.3) is 5.91 Å². The Kier molecular flexibility index (Phi) is 3.87. The van der Waals surface area contributed by atoms with Gasteiger partial charge in [0.2, 0.25) is 0 Å². The summed E-state index contributed by atoms with van der Waals surface area (Å²) in [6.07, 6.45) is 1.77. The lowest BCUT2D eigenvalue weighted by molar-refractivity contribution is -0.132. The zero-order valence-electron chi connectivity index (χ0n) is 12.6. The molecule has 22 heavy (non-hydrogen) atoms. The lowest BCUT2D eigenvalue weighted by atomic mass is 9.74. The van der Waals surface area contributed by atoms with Crippen LogP contribution in [0, 0.1) is 11.7 Å². The van der Waals surface area contributed by atoms with E-state index < -0.39 is 11.6 Å². The summed E-state index contributed by atoms with van der Waals surface area (Å²) >= 11 is 0. The molecule has 2 aliphatic rings. The number of benzene rings is 1. The summed E-state index contributed by atoms with van der Waals surface area (Å²) in [5.74, 6) is -0.588. The van der Waals surface area contributed by atoms with Gasteiger partial charge in [-0.3, -0.25) is 9.69 Å². The van der Waals surface area contributed by atoms with E-state index in [1.54, 1.807) is 18.2 Å². The molecule has 0 aromatic heterocycles. The zero-order valence-corrected chi connectivity index (χ0v) is 12.6. The average molecular weight is 305 g/mol. The van der Waals surface area contributed by atoms with E-state index in [4.69, 9.17) is 0 Å². The van der Waals surface area contributed by atoms with Crippen molar-refractivity contribution in [2.45, 2.75) is 24.8 Å². The Balaban J connectivity index is 1.98. The second kappa shape index (κ2) is 5.68. The second-order valence-electron chi connectivity index (χ2n) is 6.06. The van der Waals surface area contributed by atoms with Crippen molar-refractivity contribution < 1.29 is 14.0 Å². The Hall–Kier alpha value is -1.95. The molecule has 2 saturated heterocycles. The average Bonchev–Trinajstić information content (AvgIpc) is 2.76. The maximum atomic E-state index is 14.1. The normalized spacial score (nSPS) is 26.4. The summed E-state index contributed by atoms with van der Waals surface area (Å²) < 4.78 is 14.1. The molecule has 2 aliphatic heterocycles. The molecule has 3 amide bonds. The first-order valence-corrected chi connectivity index (χ1v) is 7.59. The van der Waals surface area contributed by atoms with E-state index in [1.165, 1.54) is 13.1 Å². The van der Waals surface area contributed by atoms with Gasteiger partial charge in [0.15, 0.2) is 0 Å². The van der Waals surface area contributed by atoms with Crippen molar-refractivity contribution >= 4 is 11.9 Å². The molecule has 1 aromatic carbocycles. The number of urea groups is 1. The number of imide groups is 1. The van der Waals surface area contributed by atoms with Gasteiger partial charge in [-0.05, 0) is 43.5 Å². The van der Waals surface area contributed by atoms with Gasteiger partial charge in [-0.2, -0.15) is 0 Å². The van der Waals surface area contributed by atoms with Crippen LogP contribution in [-0.2, 0) is 11.2 Å². The number of nitrogens with one attached hydrogen (secondary N) is 2. The van der Waals surface area contributed by atoms with Crippen molar-refractivity contribution in [3.05, 3.63) is 35.6 Å². The molecule has 0 radical (unpaired) electrons. The molecule has 0 unspecified atom stereocenters. The van der Waals surface area contributed by atoms with Gasteiger partial charge < -0.3 is 10.6 Å². The lowest BCUT2D eigenvalue weighted by Gasteiger charge is -2.37. The number of hydrogen-bond acceptors (Lipinski definition) is 3. The summed E-state index contributed by atoms with van der Waals surface area (Å²) in [6, 6.07) is 6.03. The van der Waals surface area contributed by atoms with E-state index in [2.05, 4.69) is 10.6 Å². The topological polar surface area (TPSA) is 61.4 Å². The van der Waals surface area contributed by atoms with Crippen LogP contribution in [0.15, 0.2) is 24.3 Å². The summed E-state index contributed by atoms with van der Waals surface area (Å²) in [7, 11) is 1.47. The Bertz CT molecular complexity index is 601. The van der Waals surface area contributed by atoms with Crippen LogP contribution >= 0.6 is 0 Å². The van der Waals surface area contributed by atoms with Gasteiger partial charge in [0, 0.05) is 13.5 Å². The van der Waals surface area contributed by atoms with E-state index in [9.17, 15) is 14.0 Å². The maximum absolute atomic E-state index is 14.1. The Morgan fingerprint density at radius 2 is 1.95 bits per heavy atom. The summed E-state index contributed by atoms with van der Waals surface area (Å²) in [4.78, 5) is 25.9. The smallest absolute Gasteiger partial charge is 0.322 e. The van der Waals surface area contributed by atoms with Crippen molar-refractivity contribution in [1.82, 2.24) is 15.5 Å². The molecule has 6 heteroatoms. The molecule has 2 N–H and O–H groups in total. The van der Waals surface area contributed by atoms with Crippen molar-refractivity contribution in [3.8, 4) is 0 Å². The minimum absolute atomic E-state index is 0.00903. The highest BCUT2D eigenvalue weighted by atomic mass is 19.1. The fraction of sp³-hybridized carbons (Fsp3) is 0.500. The second-order valence-corrected chi connectivity index (χ2v) is 6.06. The van der Waals surface area contributed by atoms with Crippen molar-refractivity contribution in [2.24, 2.45) is 5.92 Å². The van der Waals surface area contributed by atoms with E-state index in [0.717, 1.165) is 30.8 Å². The maximum Gasteiger partial charge on any atom is 0.324 e. The number of halogens is 1. The molecule has 0 saturated carbocycles. The van der Waals surface area contributed by atoms with Crippen LogP contribution in [0.25, 0.3) is 0 Å². The Labute approximate surface area is 128 Å². The molecule has 2 heterocycles. The highest BCUT2D eigenvalue weighted by molar-refractivity contribution is 6.07. The number of piperidine rings is 1. The zero-order chi connectivity index (χ0) is 15.7. The molecule has 0 spiro atoms. The van der Waals surface area contributed by atoms with Crippen molar-refractivity contribution in [1.29, 1.82) is 0 Å². The molecular formula is C16H20FN3O2. The third-order valence-electron chi connectivity index (χ3n) is 4.78. The minimum atomic E-state index is -1.03. The van der Waals surface area contributed by atoms with E-state index in [0.29, 0.717) is 5.56 Å². The first-order chi connectivity index (χ1) is 10.5. The van der Waals surface area contributed by atoms with Crippen LogP contribution in [0.2, 0.25) is 0 Å². The van der Waals surface area contributed by atoms with Crippen molar-refractivity contribution in [3.63, 3.8) is 0 Å². The first kappa shape index (κ1) is 15.0. The molecule has 0 aliphatic carbocycles. The van der Waals surface area contributed by atoms with Crippen LogP contribution in [0.5, 0.6) is 0 Å². The predicted octanol–water partition coefficient (Wildman–Crippen LogP) is 1.29. The van der Waals surface area contributed by atoms with Gasteiger partial charge in [-0.25, -0.2) is 9.18 Å². The van der Waals surface area contributed by atoms with Crippen LogP contribution in [0.4, 0.5) is 9.18 Å². The number of nitrogens with zero attached hydrogens (tertiary/aromatic N) is 1. The van der Waals surface area contributed by atoms with Crippen LogP contribution in [-0.4, -0.2) is 42.5 Å². The van der Waals surface area contributed by atoms with Crippen LogP contribution < -0.4 is 10.6 Å². The highest BCUT2D eigenvalue weighted by Gasteiger charge is 2.54. The van der Waals surface area contributed by atoms with E-state index in [-0.39, 0.29) is 24.1 Å². The third-order valence-corrected chi connectivity index (χ3v) is 4.78. The molecule has 3 rings (SSSR count). The minimum Gasteiger partial charge on any atom is -0.322 e. The van der Waals surface area contributed by atoms with Gasteiger partial charge in [0.1, 0.15) is 11.4 Å². The monoisotopic (exact) mass is 305 g/mol. The predicted molar refractivity (Wildman–Crippen MR) is 79.7 cm³/mol. The van der Waals surface area contributed by atoms with Crippen molar-refractivity contribution in [2.75, 3.05) is 20.1 Å². The Morgan fingerprint density at radius 3 is 2.55 bits per heavy atom. The fourth-order valence-electron chi connectivity index (χ4n) is 3.52. The van der Waals surface area contributed by atoms with Crippen LogP contribution in [0.3, 0.4) is 0 Å². The van der Waals surface area contributed by atoms with Crippen LogP contribution in [0.1, 0.15) is 18.4 Å². The fourth-order valence-corrected chi connectivity index (χ4v) is 3.52. The summed E-state index contributed by atoms with van der Waals surface area (Å²) in [5, 5.41) is 6.11. The number of amides is 3. The van der Waals surface area contributed by atoms with Gasteiger partial charge >= 0.3 is 6.03 Å². The quantitative estimate of drug-likeness (QED) is 0.827. The third kappa shape index (κ3) is 2.37. The number of carbonyl (C=O) groups excluding carboxylic acids is 2. The first-order valence-electron chi connectivity index (χ1n) is 7.59. The largest absolute Gasteiger partial charge is 0.324 e. The van der Waals surface area contributed by atoms with Gasteiger partial charge in [-0.1, -0.05) is 18.2 Å². The molecule has 118 valence electrons. The number of rotatable bonds is 3. The molecule has 2 fully saturated rings. The Morgan fingerprint density at radius 1 is 1.27 bits per heavy atom. The van der Waals surface area contributed by atoms with E-state index >= 15 is 0 Å². The number of carbonyl (C=O) groups is 2.